The summed E-state index contributed by atoms with van der Waals surface area (Å²) in [5.74, 6) is 0.0602. The zero-order valence-corrected chi connectivity index (χ0v) is 16.3. The average molecular weight is 395 g/mol. The largest absolute Gasteiger partial charge is 0.489 e. The zero-order valence-electron chi connectivity index (χ0n) is 15.5. The van der Waals surface area contributed by atoms with Gasteiger partial charge in [0.1, 0.15) is 12.4 Å². The maximum absolute atomic E-state index is 12.6. The third kappa shape index (κ3) is 5.44. The van der Waals surface area contributed by atoms with Crippen molar-refractivity contribution in [2.75, 3.05) is 7.11 Å². The van der Waals surface area contributed by atoms with Crippen LogP contribution >= 0.6 is 11.3 Å². The quantitative estimate of drug-likeness (QED) is 0.576. The molecule has 0 spiro atoms. The minimum absolute atomic E-state index is 0.0843. The number of benzene rings is 2. The van der Waals surface area contributed by atoms with Gasteiger partial charge in [-0.05, 0) is 41.3 Å². The number of carbonyl (C=O) groups excluding carboxylic acids is 2. The van der Waals surface area contributed by atoms with Gasteiger partial charge in [-0.15, -0.1) is 11.3 Å². The van der Waals surface area contributed by atoms with E-state index in [-0.39, 0.29) is 18.3 Å². The van der Waals surface area contributed by atoms with Crippen LogP contribution in [0.1, 0.15) is 33.3 Å². The van der Waals surface area contributed by atoms with Gasteiger partial charge in [0.05, 0.1) is 19.6 Å². The molecule has 2 aromatic carbocycles. The number of nitrogens with one attached hydrogen (secondary N) is 1. The van der Waals surface area contributed by atoms with Gasteiger partial charge in [-0.2, -0.15) is 0 Å². The molecule has 1 unspecified atom stereocenters. The van der Waals surface area contributed by atoms with Crippen LogP contribution in [0.4, 0.5) is 0 Å². The highest BCUT2D eigenvalue weighted by atomic mass is 32.1. The maximum atomic E-state index is 12.6. The lowest BCUT2D eigenvalue weighted by atomic mass is 10.1. The molecule has 0 bridgehead atoms. The van der Waals surface area contributed by atoms with E-state index in [0.29, 0.717) is 17.9 Å². The van der Waals surface area contributed by atoms with Gasteiger partial charge in [0.15, 0.2) is 0 Å². The first kappa shape index (κ1) is 19.6. The molecule has 1 atom stereocenters. The van der Waals surface area contributed by atoms with Gasteiger partial charge in [0, 0.05) is 10.4 Å². The van der Waals surface area contributed by atoms with Crippen LogP contribution in [0.25, 0.3) is 0 Å². The van der Waals surface area contributed by atoms with Crippen molar-refractivity contribution in [3.8, 4) is 5.75 Å². The molecule has 0 aliphatic rings. The first-order valence-electron chi connectivity index (χ1n) is 8.83. The summed E-state index contributed by atoms with van der Waals surface area (Å²) < 4.78 is 10.5. The molecule has 0 aliphatic carbocycles. The monoisotopic (exact) mass is 395 g/mol. The Labute approximate surface area is 167 Å². The molecule has 144 valence electrons. The molecule has 3 aromatic rings. The van der Waals surface area contributed by atoms with Gasteiger partial charge in [-0.3, -0.25) is 9.59 Å². The number of methoxy groups -OCH3 is 1. The summed E-state index contributed by atoms with van der Waals surface area (Å²) in [6.07, 6.45) is 0.0843. The molecule has 5 nitrogen and oxygen atoms in total. The predicted octanol–water partition coefficient (Wildman–Crippen LogP) is 4.36. The number of rotatable bonds is 8. The van der Waals surface area contributed by atoms with E-state index in [1.807, 2.05) is 47.8 Å². The highest BCUT2D eigenvalue weighted by Gasteiger charge is 2.20. The van der Waals surface area contributed by atoms with Gasteiger partial charge in [-0.1, -0.05) is 36.4 Å². The van der Waals surface area contributed by atoms with Crippen LogP contribution in [0.3, 0.4) is 0 Å². The zero-order chi connectivity index (χ0) is 19.8. The normalized spacial score (nSPS) is 11.5. The summed E-state index contributed by atoms with van der Waals surface area (Å²) in [7, 11) is 1.34. The van der Waals surface area contributed by atoms with Crippen molar-refractivity contribution in [3.05, 3.63) is 88.1 Å². The van der Waals surface area contributed by atoms with Crippen LogP contribution in [0.15, 0.2) is 72.1 Å². The average Bonchev–Trinajstić information content (AvgIpc) is 3.27. The van der Waals surface area contributed by atoms with Crippen molar-refractivity contribution in [1.29, 1.82) is 0 Å². The number of thiophene rings is 1. The van der Waals surface area contributed by atoms with E-state index in [1.165, 1.54) is 18.4 Å². The second-order valence-electron chi connectivity index (χ2n) is 6.12. The standard InChI is InChI=1S/C22H21NO4S/c1-26-21(24)14-19(20-8-5-13-28-20)23-22(25)17-9-11-18(12-10-17)27-15-16-6-3-2-4-7-16/h2-13,19H,14-15H2,1H3,(H,23,25). The fourth-order valence-corrected chi connectivity index (χ4v) is 3.43. The van der Waals surface area contributed by atoms with Crippen LogP contribution in [0, 0.1) is 0 Å². The highest BCUT2D eigenvalue weighted by Crippen LogP contribution is 2.23. The SMILES string of the molecule is COC(=O)CC(NC(=O)c1ccc(OCc2ccccc2)cc1)c1cccs1. The molecule has 0 radical (unpaired) electrons. The Balaban J connectivity index is 1.62. The first-order valence-corrected chi connectivity index (χ1v) is 9.71. The second-order valence-corrected chi connectivity index (χ2v) is 7.10. The maximum Gasteiger partial charge on any atom is 0.307 e. The summed E-state index contributed by atoms with van der Waals surface area (Å²) in [6.45, 7) is 0.464. The molecule has 0 saturated heterocycles. The van der Waals surface area contributed by atoms with Crippen molar-refractivity contribution in [1.82, 2.24) is 5.32 Å². The van der Waals surface area contributed by atoms with Crippen LogP contribution in [-0.2, 0) is 16.1 Å². The Hall–Kier alpha value is -3.12. The lowest BCUT2D eigenvalue weighted by Crippen LogP contribution is -2.30. The Morgan fingerprint density at radius 3 is 2.39 bits per heavy atom. The molecule has 6 heteroatoms. The molecule has 1 aromatic heterocycles. The van der Waals surface area contributed by atoms with E-state index in [4.69, 9.17) is 9.47 Å². The molecule has 0 fully saturated rings. The lowest BCUT2D eigenvalue weighted by molar-refractivity contribution is -0.141. The summed E-state index contributed by atoms with van der Waals surface area (Å²) in [4.78, 5) is 25.2. The molecule has 28 heavy (non-hydrogen) atoms. The molecular weight excluding hydrogens is 374 g/mol. The van der Waals surface area contributed by atoms with Gasteiger partial charge >= 0.3 is 5.97 Å². The Morgan fingerprint density at radius 2 is 1.75 bits per heavy atom. The number of hydrogen-bond donors (Lipinski definition) is 1. The van der Waals surface area contributed by atoms with Crippen molar-refractivity contribution in [2.45, 2.75) is 19.1 Å². The molecule has 0 saturated carbocycles. The molecule has 1 heterocycles. The van der Waals surface area contributed by atoms with Crippen molar-refractivity contribution in [3.63, 3.8) is 0 Å². The highest BCUT2D eigenvalue weighted by molar-refractivity contribution is 7.10. The van der Waals surface area contributed by atoms with E-state index in [0.717, 1.165) is 10.4 Å². The van der Waals surface area contributed by atoms with Crippen molar-refractivity contribution in [2.24, 2.45) is 0 Å². The Morgan fingerprint density at radius 1 is 1.00 bits per heavy atom. The van der Waals surface area contributed by atoms with Crippen LogP contribution < -0.4 is 10.1 Å². The van der Waals surface area contributed by atoms with Gasteiger partial charge in [-0.25, -0.2) is 0 Å². The smallest absolute Gasteiger partial charge is 0.307 e. The van der Waals surface area contributed by atoms with E-state index < -0.39 is 6.04 Å². The summed E-state index contributed by atoms with van der Waals surface area (Å²) in [6, 6.07) is 20.2. The fraction of sp³-hybridized carbons (Fsp3) is 0.182. The van der Waals surface area contributed by atoms with Gasteiger partial charge in [0.25, 0.3) is 5.91 Å². The Kier molecular flexibility index (Phi) is 6.81. The van der Waals surface area contributed by atoms with Crippen LogP contribution in [0.2, 0.25) is 0 Å². The number of amides is 1. The lowest BCUT2D eigenvalue weighted by Gasteiger charge is -2.16. The van der Waals surface area contributed by atoms with Gasteiger partial charge in [0.2, 0.25) is 0 Å². The fourth-order valence-electron chi connectivity index (χ4n) is 2.65. The van der Waals surface area contributed by atoms with E-state index in [9.17, 15) is 9.59 Å². The topological polar surface area (TPSA) is 64.6 Å². The number of carbonyl (C=O) groups is 2. The minimum atomic E-state index is -0.422. The van der Waals surface area contributed by atoms with Crippen LogP contribution in [-0.4, -0.2) is 19.0 Å². The summed E-state index contributed by atoms with van der Waals surface area (Å²) in [5.41, 5.74) is 1.57. The minimum Gasteiger partial charge on any atom is -0.489 e. The van der Waals surface area contributed by atoms with E-state index in [1.54, 1.807) is 24.3 Å². The molecular formula is C22H21NO4S. The first-order chi connectivity index (χ1) is 13.7. The molecule has 1 N–H and O–H groups in total. The van der Waals surface area contributed by atoms with Crippen LogP contribution in [0.5, 0.6) is 5.75 Å². The second kappa shape index (κ2) is 9.71. The van der Waals surface area contributed by atoms with Crippen molar-refractivity contribution < 1.29 is 19.1 Å². The van der Waals surface area contributed by atoms with Gasteiger partial charge < -0.3 is 14.8 Å². The number of hydrogen-bond acceptors (Lipinski definition) is 5. The van der Waals surface area contributed by atoms with Crippen molar-refractivity contribution >= 4 is 23.2 Å². The molecule has 0 aliphatic heterocycles. The predicted molar refractivity (Wildman–Crippen MR) is 108 cm³/mol. The third-order valence-corrected chi connectivity index (χ3v) is 5.14. The Bertz CT molecular complexity index is 892. The van der Waals surface area contributed by atoms with E-state index in [2.05, 4.69) is 5.32 Å². The van der Waals surface area contributed by atoms with E-state index >= 15 is 0 Å². The third-order valence-electron chi connectivity index (χ3n) is 4.16. The number of ether oxygens (including phenoxy) is 2. The molecule has 1 amide bonds. The number of esters is 1. The molecule has 3 rings (SSSR count). The summed E-state index contributed by atoms with van der Waals surface area (Å²) in [5, 5.41) is 4.82. The summed E-state index contributed by atoms with van der Waals surface area (Å²) >= 11 is 1.49.